The van der Waals surface area contributed by atoms with Gasteiger partial charge in [0, 0.05) is 64.6 Å². The monoisotopic (exact) mass is 577 g/mol. The summed E-state index contributed by atoms with van der Waals surface area (Å²) in [6.45, 7) is 8.39. The highest BCUT2D eigenvalue weighted by molar-refractivity contribution is 14.0. The zero-order valence-electron chi connectivity index (χ0n) is 20.0. The maximum atomic E-state index is 12.7. The van der Waals surface area contributed by atoms with E-state index in [1.54, 1.807) is 12.4 Å². The highest BCUT2D eigenvalue weighted by atomic mass is 127. The van der Waals surface area contributed by atoms with Gasteiger partial charge < -0.3 is 20.0 Å². The molecule has 1 unspecified atom stereocenters. The highest BCUT2D eigenvalue weighted by Gasteiger charge is 2.25. The quantitative estimate of drug-likeness (QED) is 0.310. The molecule has 2 aromatic rings. The van der Waals surface area contributed by atoms with Crippen LogP contribution in [0, 0.1) is 5.92 Å². The molecule has 4 rings (SSSR count). The number of hydrogen-bond donors (Lipinski definition) is 1. The molecule has 2 saturated heterocycles. The van der Waals surface area contributed by atoms with Crippen molar-refractivity contribution in [2.45, 2.75) is 26.2 Å². The number of amides is 1. The molecule has 1 amide bonds. The zero-order chi connectivity index (χ0) is 22.9. The Morgan fingerprint density at radius 2 is 1.76 bits per heavy atom. The van der Waals surface area contributed by atoms with Gasteiger partial charge in [-0.1, -0.05) is 30.3 Å². The topological polar surface area (TPSA) is 77.0 Å². The van der Waals surface area contributed by atoms with E-state index in [1.165, 1.54) is 12.0 Å². The van der Waals surface area contributed by atoms with Crippen molar-refractivity contribution < 1.29 is 4.79 Å². The van der Waals surface area contributed by atoms with Gasteiger partial charge in [0.1, 0.15) is 0 Å². The van der Waals surface area contributed by atoms with E-state index in [-0.39, 0.29) is 29.9 Å². The van der Waals surface area contributed by atoms with Crippen LogP contribution in [-0.4, -0.2) is 84.0 Å². The van der Waals surface area contributed by atoms with Crippen molar-refractivity contribution in [2.24, 2.45) is 10.9 Å². The lowest BCUT2D eigenvalue weighted by Crippen LogP contribution is -2.49. The molecule has 2 aliphatic heterocycles. The second-order valence-electron chi connectivity index (χ2n) is 8.69. The van der Waals surface area contributed by atoms with Crippen LogP contribution in [0.5, 0.6) is 0 Å². The summed E-state index contributed by atoms with van der Waals surface area (Å²) in [4.78, 5) is 32.5. The first-order chi connectivity index (χ1) is 16.2. The number of halogens is 1. The largest absolute Gasteiger partial charge is 0.357 e. The first-order valence-corrected chi connectivity index (χ1v) is 12.1. The number of aliphatic imine (C=N–C) groups is 1. The number of anilines is 1. The van der Waals surface area contributed by atoms with Crippen LogP contribution in [0.3, 0.4) is 0 Å². The first-order valence-electron chi connectivity index (χ1n) is 12.1. The van der Waals surface area contributed by atoms with Crippen molar-refractivity contribution in [2.75, 3.05) is 57.3 Å². The van der Waals surface area contributed by atoms with Gasteiger partial charge in [0.05, 0.1) is 6.54 Å². The van der Waals surface area contributed by atoms with Crippen LogP contribution in [0.1, 0.15) is 25.3 Å². The molecular weight excluding hydrogens is 541 g/mol. The SMILES string of the molecule is CCNC(=NCCC(=O)N1CCN(c2ncccn2)CC1)N1CCC(Cc2ccccc2)C1.I. The number of aromatic nitrogens is 2. The summed E-state index contributed by atoms with van der Waals surface area (Å²) in [5.74, 6) is 2.49. The van der Waals surface area contributed by atoms with E-state index in [1.807, 2.05) is 11.0 Å². The van der Waals surface area contributed by atoms with Crippen molar-refractivity contribution in [3.8, 4) is 0 Å². The summed E-state index contributed by atoms with van der Waals surface area (Å²) < 4.78 is 0. The predicted molar refractivity (Wildman–Crippen MR) is 147 cm³/mol. The highest BCUT2D eigenvalue weighted by Crippen LogP contribution is 2.21. The minimum Gasteiger partial charge on any atom is -0.357 e. The Kier molecular flexibility index (Phi) is 10.4. The van der Waals surface area contributed by atoms with E-state index in [0.29, 0.717) is 32.0 Å². The second-order valence-corrected chi connectivity index (χ2v) is 8.69. The number of hydrogen-bond acceptors (Lipinski definition) is 5. The standard InChI is InChI=1S/C25H35N7O.HI/c1-2-26-24(32-14-10-22(20-32)19-21-7-4-3-5-8-21)29-13-9-23(33)30-15-17-31(18-16-30)25-27-11-6-12-28-25;/h3-8,11-12,22H,2,9-10,13-20H2,1H3,(H,26,29);1H. The van der Waals surface area contributed by atoms with Gasteiger partial charge in [0.15, 0.2) is 5.96 Å². The summed E-state index contributed by atoms with van der Waals surface area (Å²) in [6.07, 6.45) is 6.23. The fourth-order valence-corrected chi connectivity index (χ4v) is 4.59. The van der Waals surface area contributed by atoms with E-state index in [9.17, 15) is 4.79 Å². The van der Waals surface area contributed by atoms with Crippen LogP contribution in [-0.2, 0) is 11.2 Å². The summed E-state index contributed by atoms with van der Waals surface area (Å²) in [5, 5.41) is 3.42. The van der Waals surface area contributed by atoms with Crippen molar-refractivity contribution in [3.05, 3.63) is 54.4 Å². The van der Waals surface area contributed by atoms with Crippen molar-refractivity contribution in [1.82, 2.24) is 25.1 Å². The van der Waals surface area contributed by atoms with Gasteiger partial charge in [-0.15, -0.1) is 24.0 Å². The van der Waals surface area contributed by atoms with Crippen LogP contribution >= 0.6 is 24.0 Å². The van der Waals surface area contributed by atoms with Crippen molar-refractivity contribution >= 4 is 41.8 Å². The molecule has 2 aliphatic rings. The van der Waals surface area contributed by atoms with Gasteiger partial charge in [-0.2, -0.15) is 0 Å². The molecule has 0 saturated carbocycles. The van der Waals surface area contributed by atoms with Gasteiger partial charge in [0.2, 0.25) is 11.9 Å². The lowest BCUT2D eigenvalue weighted by atomic mass is 9.99. The van der Waals surface area contributed by atoms with Crippen LogP contribution in [0.25, 0.3) is 0 Å². The van der Waals surface area contributed by atoms with Crippen LogP contribution < -0.4 is 10.2 Å². The average Bonchev–Trinajstić information content (AvgIpc) is 3.33. The Morgan fingerprint density at radius 1 is 1.03 bits per heavy atom. The Balaban J connectivity index is 0.00000324. The molecule has 34 heavy (non-hydrogen) atoms. The van der Waals surface area contributed by atoms with Crippen molar-refractivity contribution in [1.29, 1.82) is 0 Å². The predicted octanol–water partition coefficient (Wildman–Crippen LogP) is 2.66. The number of benzene rings is 1. The molecule has 0 aliphatic carbocycles. The van der Waals surface area contributed by atoms with Gasteiger partial charge in [-0.25, -0.2) is 9.97 Å². The maximum Gasteiger partial charge on any atom is 0.225 e. The molecule has 0 spiro atoms. The third-order valence-corrected chi connectivity index (χ3v) is 6.34. The second kappa shape index (κ2) is 13.5. The summed E-state index contributed by atoms with van der Waals surface area (Å²) >= 11 is 0. The molecule has 0 radical (unpaired) electrons. The third-order valence-electron chi connectivity index (χ3n) is 6.34. The third kappa shape index (κ3) is 7.28. The number of guanidine groups is 1. The number of nitrogens with zero attached hydrogens (tertiary/aromatic N) is 6. The molecule has 1 aromatic carbocycles. The number of piperazine rings is 1. The Bertz CT molecular complexity index is 904. The summed E-state index contributed by atoms with van der Waals surface area (Å²) in [7, 11) is 0. The minimum atomic E-state index is 0. The summed E-state index contributed by atoms with van der Waals surface area (Å²) in [5.41, 5.74) is 1.40. The van der Waals surface area contributed by atoms with E-state index >= 15 is 0 Å². The van der Waals surface area contributed by atoms with Gasteiger partial charge in [0.25, 0.3) is 0 Å². The molecule has 8 nitrogen and oxygen atoms in total. The normalized spacial score (nSPS) is 18.6. The first kappa shape index (κ1) is 26.2. The van der Waals surface area contributed by atoms with E-state index in [2.05, 4.69) is 62.3 Å². The smallest absolute Gasteiger partial charge is 0.225 e. The van der Waals surface area contributed by atoms with Gasteiger partial charge >= 0.3 is 0 Å². The lowest BCUT2D eigenvalue weighted by molar-refractivity contribution is -0.131. The maximum absolute atomic E-state index is 12.7. The van der Waals surface area contributed by atoms with Crippen molar-refractivity contribution in [3.63, 3.8) is 0 Å². The van der Waals surface area contributed by atoms with E-state index in [4.69, 9.17) is 4.99 Å². The van der Waals surface area contributed by atoms with Crippen LogP contribution in [0.4, 0.5) is 5.95 Å². The van der Waals surface area contributed by atoms with E-state index in [0.717, 1.165) is 51.1 Å². The number of nitrogens with one attached hydrogen (secondary N) is 1. The molecule has 1 aromatic heterocycles. The number of rotatable bonds is 7. The molecule has 1 N–H and O–H groups in total. The van der Waals surface area contributed by atoms with Crippen LogP contribution in [0.15, 0.2) is 53.8 Å². The fraction of sp³-hybridized carbons (Fsp3) is 0.520. The molecule has 3 heterocycles. The minimum absolute atomic E-state index is 0. The molecule has 2 fully saturated rings. The van der Waals surface area contributed by atoms with Crippen LogP contribution in [0.2, 0.25) is 0 Å². The Labute approximate surface area is 219 Å². The fourth-order valence-electron chi connectivity index (χ4n) is 4.59. The summed E-state index contributed by atoms with van der Waals surface area (Å²) in [6, 6.07) is 12.5. The molecule has 0 bridgehead atoms. The van der Waals surface area contributed by atoms with Gasteiger partial charge in [-0.3, -0.25) is 9.79 Å². The number of likely N-dealkylation sites (tertiary alicyclic amines) is 1. The molecular formula is C25H36IN7O. The van der Waals surface area contributed by atoms with Gasteiger partial charge in [-0.05, 0) is 37.3 Å². The Morgan fingerprint density at radius 3 is 2.47 bits per heavy atom. The average molecular weight is 578 g/mol. The molecule has 9 heteroatoms. The lowest BCUT2D eigenvalue weighted by Gasteiger charge is -2.34. The number of carbonyl (C=O) groups excluding carboxylic acids is 1. The van der Waals surface area contributed by atoms with E-state index < -0.39 is 0 Å². The Hall–Kier alpha value is -2.43. The molecule has 1 atom stereocenters. The zero-order valence-corrected chi connectivity index (χ0v) is 22.3. The number of carbonyl (C=O) groups is 1. The molecule has 184 valence electrons.